The van der Waals surface area contributed by atoms with E-state index in [1.165, 1.54) is 12.7 Å². The molecule has 0 aliphatic carbocycles. The minimum atomic E-state index is -0.120. The molecule has 0 saturated carbocycles. The summed E-state index contributed by atoms with van der Waals surface area (Å²) in [5, 5.41) is 13.9. The number of rotatable bonds is 8. The van der Waals surface area contributed by atoms with Gasteiger partial charge in [-0.25, -0.2) is 4.98 Å². The van der Waals surface area contributed by atoms with Gasteiger partial charge in [0.05, 0.1) is 13.2 Å². The number of nitrogens with zero attached hydrogens (tertiary/aromatic N) is 2. The first-order chi connectivity index (χ1) is 12.1. The number of methoxy groups -OCH3 is 1. The summed E-state index contributed by atoms with van der Waals surface area (Å²) in [6.45, 7) is 1.96. The van der Waals surface area contributed by atoms with E-state index in [9.17, 15) is 4.79 Å². The van der Waals surface area contributed by atoms with Crippen LogP contribution in [0.25, 0.3) is 0 Å². The summed E-state index contributed by atoms with van der Waals surface area (Å²) in [5.41, 5.74) is 2.17. The topological polar surface area (TPSA) is 77.2 Å². The van der Waals surface area contributed by atoms with Crippen molar-refractivity contribution in [1.82, 2.24) is 15.5 Å². The molecule has 25 heavy (non-hydrogen) atoms. The van der Waals surface area contributed by atoms with E-state index in [1.807, 2.05) is 17.7 Å². The van der Waals surface area contributed by atoms with Gasteiger partial charge in [-0.05, 0) is 34.5 Å². The fourth-order valence-corrected chi connectivity index (χ4v) is 3.92. The van der Waals surface area contributed by atoms with Gasteiger partial charge in [-0.15, -0.1) is 11.3 Å². The van der Waals surface area contributed by atoms with Crippen LogP contribution in [0, 0.1) is 6.92 Å². The molecule has 3 rings (SSSR count). The monoisotopic (exact) mass is 377 g/mol. The zero-order valence-corrected chi connectivity index (χ0v) is 15.7. The van der Waals surface area contributed by atoms with Crippen molar-refractivity contribution in [1.29, 1.82) is 0 Å². The lowest BCUT2D eigenvalue weighted by molar-refractivity contribution is -0.121. The second-order valence-electron chi connectivity index (χ2n) is 5.62. The number of hydrogen-bond acceptors (Lipinski definition) is 7. The Bertz CT molecular complexity index is 811. The van der Waals surface area contributed by atoms with Crippen LogP contribution in [0.4, 0.5) is 0 Å². The lowest BCUT2D eigenvalue weighted by Gasteiger charge is -2.16. The molecule has 3 heterocycles. The normalized spacial score (nSPS) is 12.1. The van der Waals surface area contributed by atoms with Crippen LogP contribution in [-0.4, -0.2) is 23.2 Å². The van der Waals surface area contributed by atoms with Crippen molar-refractivity contribution in [3.05, 3.63) is 50.3 Å². The molecule has 0 fully saturated rings. The number of carbonyl (C=O) groups is 1. The van der Waals surface area contributed by atoms with Gasteiger partial charge in [0.2, 0.25) is 5.91 Å². The zero-order chi connectivity index (χ0) is 17.6. The van der Waals surface area contributed by atoms with Crippen molar-refractivity contribution in [2.45, 2.75) is 32.2 Å². The number of hydrogen-bond donors (Lipinski definition) is 1. The van der Waals surface area contributed by atoms with Crippen LogP contribution >= 0.6 is 22.7 Å². The molecule has 132 valence electrons. The molecule has 0 bridgehead atoms. The average Bonchev–Trinajstić information content (AvgIpc) is 3.34. The average molecular weight is 377 g/mol. The molecule has 0 radical (unpaired) electrons. The van der Waals surface area contributed by atoms with Gasteiger partial charge in [0, 0.05) is 36.4 Å². The first-order valence-corrected chi connectivity index (χ1v) is 9.68. The van der Waals surface area contributed by atoms with Gasteiger partial charge in [0.15, 0.2) is 0 Å². The van der Waals surface area contributed by atoms with E-state index in [1.54, 1.807) is 28.7 Å². The standard InChI is InChI=1S/C17H19N3O3S2/c1-11-9-25-17(18-11)14(7-12-5-6-24-10-12)19-15(21)4-3-13-8-16(22-2)20-23-13/h5-6,8-10,14H,3-4,7H2,1-2H3,(H,19,21)/t14-/m0/s1. The highest BCUT2D eigenvalue weighted by atomic mass is 32.1. The number of aryl methyl sites for hydroxylation is 2. The highest BCUT2D eigenvalue weighted by molar-refractivity contribution is 7.09. The number of carbonyl (C=O) groups excluding carboxylic acids is 1. The Morgan fingerprint density at radius 1 is 1.44 bits per heavy atom. The summed E-state index contributed by atoms with van der Waals surface area (Å²) in [5.74, 6) is 1.01. The molecule has 1 amide bonds. The molecule has 8 heteroatoms. The van der Waals surface area contributed by atoms with E-state index >= 15 is 0 Å². The lowest BCUT2D eigenvalue weighted by Crippen LogP contribution is -2.30. The minimum Gasteiger partial charge on any atom is -0.479 e. The number of thiazole rings is 1. The van der Waals surface area contributed by atoms with Crippen molar-refractivity contribution in [3.8, 4) is 5.88 Å². The minimum absolute atomic E-state index is 0.0385. The number of nitrogens with one attached hydrogen (secondary N) is 1. The Morgan fingerprint density at radius 3 is 2.96 bits per heavy atom. The maximum Gasteiger partial charge on any atom is 0.254 e. The largest absolute Gasteiger partial charge is 0.479 e. The van der Waals surface area contributed by atoms with Gasteiger partial charge in [-0.1, -0.05) is 0 Å². The number of ether oxygens (including phenoxy) is 1. The fraction of sp³-hybridized carbons (Fsp3) is 0.353. The maximum absolute atomic E-state index is 12.4. The number of thiophene rings is 1. The molecule has 0 aliphatic rings. The van der Waals surface area contributed by atoms with Crippen LogP contribution in [0.1, 0.15) is 34.5 Å². The lowest BCUT2D eigenvalue weighted by atomic mass is 10.1. The van der Waals surface area contributed by atoms with E-state index < -0.39 is 0 Å². The Morgan fingerprint density at radius 2 is 2.32 bits per heavy atom. The molecule has 1 atom stereocenters. The molecule has 3 aromatic rings. The zero-order valence-electron chi connectivity index (χ0n) is 14.0. The van der Waals surface area contributed by atoms with Crippen LogP contribution < -0.4 is 10.1 Å². The van der Waals surface area contributed by atoms with Gasteiger partial charge in [0.25, 0.3) is 5.88 Å². The van der Waals surface area contributed by atoms with Gasteiger partial charge >= 0.3 is 0 Å². The van der Waals surface area contributed by atoms with Crippen molar-refractivity contribution in [3.63, 3.8) is 0 Å². The number of aromatic nitrogens is 2. The molecule has 0 spiro atoms. The smallest absolute Gasteiger partial charge is 0.254 e. The quantitative estimate of drug-likeness (QED) is 0.650. The molecule has 6 nitrogen and oxygen atoms in total. The Hall–Kier alpha value is -2.19. The van der Waals surface area contributed by atoms with E-state index in [4.69, 9.17) is 9.26 Å². The van der Waals surface area contributed by atoms with E-state index in [0.717, 1.165) is 17.1 Å². The van der Waals surface area contributed by atoms with Gasteiger partial charge < -0.3 is 14.6 Å². The van der Waals surface area contributed by atoms with Crippen molar-refractivity contribution >= 4 is 28.6 Å². The molecular weight excluding hydrogens is 358 g/mol. The van der Waals surface area contributed by atoms with Crippen molar-refractivity contribution < 1.29 is 14.1 Å². The Balaban J connectivity index is 1.61. The summed E-state index contributed by atoms with van der Waals surface area (Å²) < 4.78 is 10.1. The van der Waals surface area contributed by atoms with Gasteiger partial charge in [-0.2, -0.15) is 11.3 Å². The van der Waals surface area contributed by atoms with Crippen LogP contribution in [0.5, 0.6) is 5.88 Å². The second kappa shape index (κ2) is 8.26. The predicted octanol–water partition coefficient (Wildman–Crippen LogP) is 3.54. The molecular formula is C17H19N3O3S2. The highest BCUT2D eigenvalue weighted by Gasteiger charge is 2.19. The van der Waals surface area contributed by atoms with Crippen molar-refractivity contribution in [2.75, 3.05) is 7.11 Å². The maximum atomic E-state index is 12.4. The Labute approximate surface area is 153 Å². The third kappa shape index (κ3) is 4.90. The molecule has 1 N–H and O–H groups in total. The summed E-state index contributed by atoms with van der Waals surface area (Å²) >= 11 is 3.23. The SMILES string of the molecule is COc1cc(CCC(=O)N[C@@H](Cc2ccsc2)c2nc(C)cs2)on1. The molecule has 0 aliphatic heterocycles. The molecule has 0 saturated heterocycles. The number of amides is 1. The van der Waals surface area contributed by atoms with E-state index in [-0.39, 0.29) is 11.9 Å². The molecule has 0 unspecified atom stereocenters. The summed E-state index contributed by atoms with van der Waals surface area (Å²) in [7, 11) is 1.53. The van der Waals surface area contributed by atoms with E-state index in [0.29, 0.717) is 24.5 Å². The molecule has 3 aromatic heterocycles. The third-order valence-electron chi connectivity index (χ3n) is 3.63. The third-order valence-corrected chi connectivity index (χ3v) is 5.44. The van der Waals surface area contributed by atoms with Gasteiger partial charge in [-0.3, -0.25) is 4.79 Å². The predicted molar refractivity (Wildman–Crippen MR) is 97.1 cm³/mol. The molecule has 0 aromatic carbocycles. The van der Waals surface area contributed by atoms with Crippen LogP contribution in [0.15, 0.2) is 32.8 Å². The summed E-state index contributed by atoms with van der Waals surface area (Å²) in [6.07, 6.45) is 1.53. The van der Waals surface area contributed by atoms with Gasteiger partial charge in [0.1, 0.15) is 10.8 Å². The van der Waals surface area contributed by atoms with E-state index in [2.05, 4.69) is 26.9 Å². The van der Waals surface area contributed by atoms with Crippen LogP contribution in [-0.2, 0) is 17.6 Å². The highest BCUT2D eigenvalue weighted by Crippen LogP contribution is 2.23. The first kappa shape index (κ1) is 17.6. The fourth-order valence-electron chi connectivity index (χ4n) is 2.39. The summed E-state index contributed by atoms with van der Waals surface area (Å²) in [6, 6.07) is 3.65. The van der Waals surface area contributed by atoms with Crippen molar-refractivity contribution in [2.24, 2.45) is 0 Å². The second-order valence-corrected chi connectivity index (χ2v) is 7.29. The Kier molecular flexibility index (Phi) is 5.83. The summed E-state index contributed by atoms with van der Waals surface area (Å²) in [4.78, 5) is 16.9. The van der Waals surface area contributed by atoms with Crippen LogP contribution in [0.3, 0.4) is 0 Å². The van der Waals surface area contributed by atoms with Crippen LogP contribution in [0.2, 0.25) is 0 Å². The first-order valence-electron chi connectivity index (χ1n) is 7.86.